The van der Waals surface area contributed by atoms with E-state index in [0.29, 0.717) is 0 Å². The van der Waals surface area contributed by atoms with Gasteiger partial charge in [0, 0.05) is 5.70 Å². The van der Waals surface area contributed by atoms with Crippen LogP contribution in [0.15, 0.2) is 28.9 Å². The van der Waals surface area contributed by atoms with Crippen molar-refractivity contribution in [2.45, 2.75) is 6.92 Å². The van der Waals surface area contributed by atoms with E-state index in [4.69, 9.17) is 27.9 Å². The maximum Gasteiger partial charge on any atom is 0.354 e. The number of carbonyl (C=O) groups is 1. The second kappa shape index (κ2) is 4.76. The number of pyridine rings is 1. The average molecular weight is 240 g/mol. The molecule has 0 aliphatic rings. The Morgan fingerprint density at radius 3 is 2.56 bits per heavy atom. The maximum absolute atomic E-state index is 10.7. The molecule has 0 amide bonds. The Morgan fingerprint density at radius 1 is 1.50 bits per heavy atom. The molecule has 1 rings (SSSR count). The molecule has 0 aliphatic heterocycles. The summed E-state index contributed by atoms with van der Waals surface area (Å²) in [6.45, 7) is 1.55. The third kappa shape index (κ3) is 2.58. The Balaban J connectivity index is 3.16. The molecule has 6 heteroatoms. The van der Waals surface area contributed by atoms with E-state index in [-0.39, 0.29) is 27.8 Å². The van der Waals surface area contributed by atoms with Crippen molar-refractivity contribution in [2.24, 2.45) is 5.73 Å². The highest BCUT2D eigenvalue weighted by atomic mass is 35.5. The van der Waals surface area contributed by atoms with Crippen LogP contribution in [-0.2, 0) is 0 Å². The molecule has 0 saturated carbocycles. The number of hydrogen-bond donors (Lipinski definition) is 3. The summed E-state index contributed by atoms with van der Waals surface area (Å²) in [6, 6.07) is 4.34. The second-order valence-electron chi connectivity index (χ2n) is 3.09. The Morgan fingerprint density at radius 2 is 2.06 bits per heavy atom. The molecule has 4 N–H and O–H groups in total. The van der Waals surface area contributed by atoms with Crippen molar-refractivity contribution >= 4 is 23.3 Å². The van der Waals surface area contributed by atoms with Crippen LogP contribution in [0.4, 0.5) is 0 Å². The van der Waals surface area contributed by atoms with E-state index < -0.39 is 5.97 Å². The first-order chi connectivity index (χ1) is 7.43. The number of hydrogen-bond acceptors (Lipinski definition) is 4. The Hall–Kier alpha value is -1.88. The van der Waals surface area contributed by atoms with Crippen molar-refractivity contribution in [1.29, 1.82) is 5.41 Å². The van der Waals surface area contributed by atoms with Crippen molar-refractivity contribution < 1.29 is 9.90 Å². The van der Waals surface area contributed by atoms with Crippen LogP contribution in [0.5, 0.6) is 0 Å². The van der Waals surface area contributed by atoms with Gasteiger partial charge in [0.1, 0.15) is 11.4 Å². The molecule has 0 aromatic carbocycles. The molecule has 1 aromatic rings. The largest absolute Gasteiger partial charge is 0.477 e. The molecule has 0 radical (unpaired) electrons. The summed E-state index contributed by atoms with van der Waals surface area (Å²) in [5.74, 6) is -1.15. The molecule has 0 saturated heterocycles. The van der Waals surface area contributed by atoms with Gasteiger partial charge in [-0.15, -0.1) is 0 Å². The molecule has 5 nitrogen and oxygen atoms in total. The fraction of sp³-hybridized carbons (Fsp3) is 0.100. The smallest absolute Gasteiger partial charge is 0.354 e. The molecular weight excluding hydrogens is 230 g/mol. The summed E-state index contributed by atoms with van der Waals surface area (Å²) < 4.78 is 0. The van der Waals surface area contributed by atoms with Gasteiger partial charge in [0.25, 0.3) is 0 Å². The van der Waals surface area contributed by atoms with E-state index in [1.165, 1.54) is 18.2 Å². The third-order valence-electron chi connectivity index (χ3n) is 1.79. The lowest BCUT2D eigenvalue weighted by molar-refractivity contribution is 0.0690. The topological polar surface area (TPSA) is 100 Å². The van der Waals surface area contributed by atoms with E-state index in [2.05, 4.69) is 4.98 Å². The quantitative estimate of drug-likeness (QED) is 0.697. The first-order valence-corrected chi connectivity index (χ1v) is 4.72. The highest BCUT2D eigenvalue weighted by Gasteiger charge is 2.12. The minimum atomic E-state index is -1.15. The monoisotopic (exact) mass is 239 g/mol. The summed E-state index contributed by atoms with van der Waals surface area (Å²) in [5.41, 5.74) is 5.67. The zero-order valence-corrected chi connectivity index (χ0v) is 9.25. The molecule has 0 unspecified atom stereocenters. The molecule has 0 fully saturated rings. The molecular formula is C10H10ClN3O2. The van der Waals surface area contributed by atoms with Crippen LogP contribution in [0.25, 0.3) is 0 Å². The van der Waals surface area contributed by atoms with Gasteiger partial charge in [0.2, 0.25) is 0 Å². The fourth-order valence-corrected chi connectivity index (χ4v) is 1.10. The minimum absolute atomic E-state index is 0.0649. The predicted molar refractivity (Wildman–Crippen MR) is 60.8 cm³/mol. The highest BCUT2D eigenvalue weighted by Crippen LogP contribution is 2.12. The van der Waals surface area contributed by atoms with Crippen molar-refractivity contribution in [3.63, 3.8) is 0 Å². The van der Waals surface area contributed by atoms with Crippen molar-refractivity contribution in [1.82, 2.24) is 4.98 Å². The molecule has 0 atom stereocenters. The van der Waals surface area contributed by atoms with E-state index in [1.54, 1.807) is 6.92 Å². The van der Waals surface area contributed by atoms with E-state index in [0.717, 1.165) is 0 Å². The van der Waals surface area contributed by atoms with Gasteiger partial charge in [-0.1, -0.05) is 17.7 Å². The van der Waals surface area contributed by atoms with Crippen LogP contribution in [0.1, 0.15) is 23.1 Å². The SMILES string of the molecule is C/C(N)=C(\Cl)C(=N)c1cccc(C(=O)O)n1. The molecule has 1 heterocycles. The zero-order valence-electron chi connectivity index (χ0n) is 8.49. The summed E-state index contributed by atoms with van der Waals surface area (Å²) in [4.78, 5) is 14.5. The maximum atomic E-state index is 10.7. The zero-order chi connectivity index (χ0) is 12.3. The Bertz CT molecular complexity index is 479. The molecule has 84 valence electrons. The van der Waals surface area contributed by atoms with Gasteiger partial charge in [-0.05, 0) is 19.1 Å². The van der Waals surface area contributed by atoms with Gasteiger partial charge in [0.05, 0.1) is 10.7 Å². The number of nitrogens with one attached hydrogen (secondary N) is 1. The first kappa shape index (κ1) is 12.2. The average Bonchev–Trinajstić information content (AvgIpc) is 2.27. The molecule has 0 spiro atoms. The highest BCUT2D eigenvalue weighted by molar-refractivity contribution is 6.45. The number of rotatable bonds is 3. The molecule has 0 aliphatic carbocycles. The fourth-order valence-electron chi connectivity index (χ4n) is 1.00. The third-order valence-corrected chi connectivity index (χ3v) is 2.28. The molecule has 1 aromatic heterocycles. The lowest BCUT2D eigenvalue weighted by Crippen LogP contribution is -2.10. The number of nitrogens with two attached hydrogens (primary N) is 1. The minimum Gasteiger partial charge on any atom is -0.477 e. The number of allylic oxidation sites excluding steroid dienone is 2. The summed E-state index contributed by atoms with van der Waals surface area (Å²) in [5, 5.41) is 16.5. The van der Waals surface area contributed by atoms with E-state index in [9.17, 15) is 4.79 Å². The van der Waals surface area contributed by atoms with Crippen molar-refractivity contribution in [3.05, 3.63) is 40.3 Å². The number of aromatic carboxylic acids is 1. The van der Waals surface area contributed by atoms with Gasteiger partial charge in [-0.3, -0.25) is 5.41 Å². The van der Waals surface area contributed by atoms with Crippen molar-refractivity contribution in [3.8, 4) is 0 Å². The number of carboxylic acids is 1. The van der Waals surface area contributed by atoms with Crippen LogP contribution >= 0.6 is 11.6 Å². The Labute approximate surface area is 97.1 Å². The van der Waals surface area contributed by atoms with Crippen LogP contribution in [0, 0.1) is 5.41 Å². The summed E-state index contributed by atoms with van der Waals surface area (Å²) in [7, 11) is 0. The van der Waals surface area contributed by atoms with E-state index in [1.807, 2.05) is 0 Å². The normalized spacial score (nSPS) is 11.9. The second-order valence-corrected chi connectivity index (χ2v) is 3.46. The van der Waals surface area contributed by atoms with Crippen LogP contribution in [0.2, 0.25) is 0 Å². The van der Waals surface area contributed by atoms with Crippen LogP contribution in [-0.4, -0.2) is 21.8 Å². The van der Waals surface area contributed by atoms with Gasteiger partial charge in [0.15, 0.2) is 0 Å². The van der Waals surface area contributed by atoms with Crippen molar-refractivity contribution in [2.75, 3.05) is 0 Å². The Kier molecular flexibility index (Phi) is 3.63. The van der Waals surface area contributed by atoms with Gasteiger partial charge < -0.3 is 10.8 Å². The predicted octanol–water partition coefficient (Wildman–Crippen LogP) is 1.58. The standard InChI is InChI=1S/C10H10ClN3O2/c1-5(12)8(11)9(13)6-3-2-4-7(14-6)10(15)16/h2-4,13H,12H2,1H3,(H,15,16)/b8-5+,13-9?. The lowest BCUT2D eigenvalue weighted by Gasteiger charge is -2.04. The van der Waals surface area contributed by atoms with E-state index >= 15 is 0 Å². The lowest BCUT2D eigenvalue weighted by atomic mass is 10.2. The van der Waals surface area contributed by atoms with Gasteiger partial charge in [-0.25, -0.2) is 9.78 Å². The summed E-state index contributed by atoms with van der Waals surface area (Å²) >= 11 is 5.78. The van der Waals surface area contributed by atoms with Gasteiger partial charge >= 0.3 is 5.97 Å². The number of nitrogens with zero attached hydrogens (tertiary/aromatic N) is 1. The summed E-state index contributed by atoms with van der Waals surface area (Å²) in [6.07, 6.45) is 0. The first-order valence-electron chi connectivity index (χ1n) is 4.35. The number of carboxylic acid groups (broad SMARTS) is 1. The molecule has 0 bridgehead atoms. The number of aromatic nitrogens is 1. The number of halogens is 1. The molecule has 16 heavy (non-hydrogen) atoms. The van der Waals surface area contributed by atoms with Crippen LogP contribution < -0.4 is 5.73 Å². The van der Waals surface area contributed by atoms with Crippen LogP contribution in [0.3, 0.4) is 0 Å². The van der Waals surface area contributed by atoms with Gasteiger partial charge in [-0.2, -0.15) is 0 Å².